The third kappa shape index (κ3) is 2.56. The average Bonchev–Trinajstić information content (AvgIpc) is 2.88. The van der Waals surface area contributed by atoms with Crippen molar-refractivity contribution in [3.8, 4) is 0 Å². The summed E-state index contributed by atoms with van der Waals surface area (Å²) in [5, 5.41) is 2.98. The maximum atomic E-state index is 12.3. The molecule has 0 aliphatic heterocycles. The van der Waals surface area contributed by atoms with Crippen LogP contribution in [0.15, 0.2) is 18.2 Å². The quantitative estimate of drug-likeness (QED) is 0.812. The van der Waals surface area contributed by atoms with E-state index in [9.17, 15) is 4.79 Å². The zero-order chi connectivity index (χ0) is 13.2. The summed E-state index contributed by atoms with van der Waals surface area (Å²) < 4.78 is 8.68. The van der Waals surface area contributed by atoms with Crippen molar-refractivity contribution in [2.24, 2.45) is 11.7 Å². The van der Waals surface area contributed by atoms with Crippen LogP contribution in [0.2, 0.25) is 0 Å². The maximum absolute atomic E-state index is 12.3. The van der Waals surface area contributed by atoms with E-state index in [1.807, 2.05) is 18.2 Å². The van der Waals surface area contributed by atoms with Crippen molar-refractivity contribution in [1.82, 2.24) is 7.96 Å². The summed E-state index contributed by atoms with van der Waals surface area (Å²) in [6, 6.07) is 5.69. The molecular weight excluding hydrogens is 307 g/mol. The van der Waals surface area contributed by atoms with Gasteiger partial charge in [-0.3, -0.25) is 0 Å². The molecule has 0 bridgehead atoms. The molecule has 1 aromatic heterocycles. The van der Waals surface area contributed by atoms with Crippen LogP contribution >= 0.6 is 0 Å². The Kier molecular flexibility index (Phi) is 3.64. The van der Waals surface area contributed by atoms with E-state index < -0.39 is 0 Å². The van der Waals surface area contributed by atoms with E-state index in [-0.39, 0.29) is 32.8 Å². The Morgan fingerprint density at radius 2 is 2.16 bits per heavy atom. The second kappa shape index (κ2) is 5.41. The molecule has 19 heavy (non-hydrogen) atoms. The van der Waals surface area contributed by atoms with Gasteiger partial charge in [0, 0.05) is 0 Å². The second-order valence-electron chi connectivity index (χ2n) is 4.98. The van der Waals surface area contributed by atoms with E-state index in [1.54, 1.807) is 0 Å². The van der Waals surface area contributed by atoms with Crippen LogP contribution in [0.5, 0.6) is 0 Å². The van der Waals surface area contributed by atoms with Crippen molar-refractivity contribution in [3.05, 3.63) is 18.2 Å². The summed E-state index contributed by atoms with van der Waals surface area (Å²) >= 11 is -0.0790. The number of nitrogens with zero attached hydrogens (tertiary/aromatic N) is 2. The van der Waals surface area contributed by atoms with Gasteiger partial charge in [-0.1, -0.05) is 0 Å². The van der Waals surface area contributed by atoms with Gasteiger partial charge in [-0.25, -0.2) is 0 Å². The minimum atomic E-state index is -0.0790. The summed E-state index contributed by atoms with van der Waals surface area (Å²) in [6.07, 6.45) is 4.03. The molecule has 1 aliphatic rings. The van der Waals surface area contributed by atoms with E-state index >= 15 is 0 Å². The number of anilines is 1. The molecule has 2 atom stereocenters. The van der Waals surface area contributed by atoms with Gasteiger partial charge >= 0.3 is 117 Å². The van der Waals surface area contributed by atoms with E-state index in [1.165, 1.54) is 0 Å². The molecule has 1 amide bonds. The summed E-state index contributed by atoms with van der Waals surface area (Å²) in [7, 11) is 0. The molecule has 1 aliphatic carbocycles. The molecule has 2 unspecified atom stereocenters. The first-order valence-corrected chi connectivity index (χ1v) is 8.06. The summed E-state index contributed by atoms with van der Waals surface area (Å²) in [5.41, 5.74) is 8.51. The van der Waals surface area contributed by atoms with Crippen LogP contribution in [-0.2, 0) is 4.79 Å². The summed E-state index contributed by atoms with van der Waals surface area (Å²) in [5.74, 6) is -0.0522. The molecule has 1 saturated carbocycles. The molecule has 100 valence electrons. The van der Waals surface area contributed by atoms with Crippen LogP contribution in [0.4, 0.5) is 5.69 Å². The SMILES string of the molecule is NC1CCCCC1C(=O)Nc1cccc2n[se]nc12. The third-order valence-corrected chi connectivity index (χ3v) is 4.84. The fourth-order valence-corrected chi connectivity index (χ4v) is 3.77. The molecule has 3 N–H and O–H groups in total. The number of nitrogens with one attached hydrogen (secondary N) is 1. The first-order chi connectivity index (χ1) is 9.25. The predicted molar refractivity (Wildman–Crippen MR) is 75.0 cm³/mol. The standard InChI is InChI=1S/C13H16N4OSe/c14-9-5-2-1-4-8(9)13(18)15-10-6-3-7-11-12(10)17-19-16-11/h3,6-9H,1-2,4-5,14H2,(H,15,18). The summed E-state index contributed by atoms with van der Waals surface area (Å²) in [4.78, 5) is 12.3. The van der Waals surface area contributed by atoms with Crippen molar-refractivity contribution in [2.75, 3.05) is 5.32 Å². The Labute approximate surface area is 117 Å². The van der Waals surface area contributed by atoms with Crippen LogP contribution in [0.3, 0.4) is 0 Å². The zero-order valence-electron chi connectivity index (χ0n) is 10.5. The summed E-state index contributed by atoms with van der Waals surface area (Å²) in [6.45, 7) is 0. The van der Waals surface area contributed by atoms with Crippen molar-refractivity contribution in [1.29, 1.82) is 0 Å². The Bertz CT molecular complexity index is 597. The van der Waals surface area contributed by atoms with E-state index in [2.05, 4.69) is 13.3 Å². The number of aromatic nitrogens is 2. The van der Waals surface area contributed by atoms with Gasteiger partial charge in [-0.15, -0.1) is 0 Å². The number of rotatable bonds is 2. The van der Waals surface area contributed by atoms with Crippen molar-refractivity contribution in [3.63, 3.8) is 0 Å². The van der Waals surface area contributed by atoms with Crippen LogP contribution in [-0.4, -0.2) is 34.9 Å². The van der Waals surface area contributed by atoms with Crippen molar-refractivity contribution in [2.45, 2.75) is 31.7 Å². The van der Waals surface area contributed by atoms with Crippen LogP contribution in [0, 0.1) is 5.92 Å². The van der Waals surface area contributed by atoms with Gasteiger partial charge in [0.1, 0.15) is 0 Å². The Morgan fingerprint density at radius 1 is 1.32 bits per heavy atom. The first-order valence-electron chi connectivity index (χ1n) is 6.53. The number of hydrogen-bond donors (Lipinski definition) is 2. The van der Waals surface area contributed by atoms with Gasteiger partial charge < -0.3 is 0 Å². The van der Waals surface area contributed by atoms with E-state index in [0.29, 0.717) is 0 Å². The van der Waals surface area contributed by atoms with Crippen molar-refractivity contribution >= 4 is 37.6 Å². The van der Waals surface area contributed by atoms with Gasteiger partial charge in [0.15, 0.2) is 0 Å². The molecule has 0 saturated heterocycles. The minimum absolute atomic E-state index is 0.0173. The Morgan fingerprint density at radius 3 is 3.00 bits per heavy atom. The average molecular weight is 323 g/mol. The predicted octanol–water partition coefficient (Wildman–Crippen LogP) is 1.14. The molecule has 0 radical (unpaired) electrons. The molecular formula is C13H16N4OSe. The molecule has 1 aromatic carbocycles. The third-order valence-electron chi connectivity index (χ3n) is 3.70. The molecule has 2 aromatic rings. The molecule has 5 nitrogen and oxygen atoms in total. The van der Waals surface area contributed by atoms with Gasteiger partial charge in [-0.05, 0) is 0 Å². The second-order valence-corrected chi connectivity index (χ2v) is 6.09. The number of carbonyl (C=O) groups is 1. The number of carbonyl (C=O) groups excluding carboxylic acids is 1. The van der Waals surface area contributed by atoms with Gasteiger partial charge in [0.25, 0.3) is 0 Å². The number of nitrogens with two attached hydrogens (primary N) is 1. The number of amides is 1. The normalized spacial score (nSPS) is 23.4. The van der Waals surface area contributed by atoms with Crippen molar-refractivity contribution < 1.29 is 4.79 Å². The van der Waals surface area contributed by atoms with Crippen LogP contribution in [0.25, 0.3) is 11.0 Å². The topological polar surface area (TPSA) is 80.9 Å². The molecule has 0 spiro atoms. The molecule has 3 rings (SSSR count). The molecule has 1 fully saturated rings. The van der Waals surface area contributed by atoms with Gasteiger partial charge in [-0.2, -0.15) is 0 Å². The van der Waals surface area contributed by atoms with Crippen LogP contribution in [0.1, 0.15) is 25.7 Å². The van der Waals surface area contributed by atoms with Gasteiger partial charge in [0.05, 0.1) is 0 Å². The Hall–Kier alpha value is -1.23. The van der Waals surface area contributed by atoms with Gasteiger partial charge in [0.2, 0.25) is 0 Å². The fourth-order valence-electron chi connectivity index (χ4n) is 2.62. The van der Waals surface area contributed by atoms with Crippen LogP contribution < -0.4 is 11.1 Å². The van der Waals surface area contributed by atoms with E-state index in [0.717, 1.165) is 42.4 Å². The Balaban J connectivity index is 1.80. The number of hydrogen-bond acceptors (Lipinski definition) is 4. The fraction of sp³-hybridized carbons (Fsp3) is 0.462. The first kappa shape index (κ1) is 12.8. The van der Waals surface area contributed by atoms with E-state index in [4.69, 9.17) is 5.73 Å². The molecule has 6 heteroatoms. The monoisotopic (exact) mass is 324 g/mol. The number of fused-ring (bicyclic) bond motifs is 1. The number of benzene rings is 1. The molecule has 1 heterocycles. The zero-order valence-corrected chi connectivity index (χ0v) is 12.2.